The first-order valence-corrected chi connectivity index (χ1v) is 8.69. The Hall–Kier alpha value is -1.54. The second-order valence-electron chi connectivity index (χ2n) is 6.93. The van der Waals surface area contributed by atoms with Crippen molar-refractivity contribution in [3.05, 3.63) is 54.1 Å². The van der Waals surface area contributed by atoms with Crippen LogP contribution in [0.15, 0.2) is 54.1 Å². The standard InChI is InChI=1S/C20H28N2/c1-17(2)19-10-8-18(9-11-19)16-21-12-14-22(15-13-21)20-6-4-3-5-7-20/h3-8,19H,1,9-16H2,2H3/p+1/t19-/m1/s1. The van der Waals surface area contributed by atoms with E-state index in [1.807, 2.05) is 0 Å². The van der Waals surface area contributed by atoms with Crippen molar-refractivity contribution in [3.8, 4) is 0 Å². The van der Waals surface area contributed by atoms with Gasteiger partial charge in [-0.3, -0.25) is 0 Å². The molecule has 1 aromatic rings. The van der Waals surface area contributed by atoms with Crippen LogP contribution in [0.4, 0.5) is 5.69 Å². The molecule has 118 valence electrons. The fraction of sp³-hybridized carbons (Fsp3) is 0.500. The molecule has 1 saturated heterocycles. The summed E-state index contributed by atoms with van der Waals surface area (Å²) in [6.07, 6.45) is 6.31. The fourth-order valence-electron chi connectivity index (χ4n) is 3.71. The highest BCUT2D eigenvalue weighted by molar-refractivity contribution is 5.46. The summed E-state index contributed by atoms with van der Waals surface area (Å²) < 4.78 is 0. The highest BCUT2D eigenvalue weighted by Crippen LogP contribution is 2.27. The minimum absolute atomic E-state index is 0.730. The van der Waals surface area contributed by atoms with Gasteiger partial charge < -0.3 is 9.80 Å². The fourth-order valence-corrected chi connectivity index (χ4v) is 3.71. The summed E-state index contributed by atoms with van der Waals surface area (Å²) in [4.78, 5) is 4.28. The molecule has 1 atom stereocenters. The van der Waals surface area contributed by atoms with Gasteiger partial charge in [-0.25, -0.2) is 0 Å². The number of quaternary nitrogens is 1. The van der Waals surface area contributed by atoms with E-state index in [2.05, 4.69) is 54.8 Å². The molecule has 2 aliphatic rings. The van der Waals surface area contributed by atoms with Crippen molar-refractivity contribution in [1.82, 2.24) is 0 Å². The van der Waals surface area contributed by atoms with Crippen LogP contribution in [-0.4, -0.2) is 32.7 Å². The normalized spacial score (nSPS) is 23.2. The summed E-state index contributed by atoms with van der Waals surface area (Å²) in [5.74, 6) is 0.730. The molecule has 3 rings (SSSR count). The van der Waals surface area contributed by atoms with Crippen LogP contribution in [0, 0.1) is 5.92 Å². The maximum atomic E-state index is 4.12. The largest absolute Gasteiger partial charge is 0.360 e. The highest BCUT2D eigenvalue weighted by Gasteiger charge is 2.22. The molecule has 1 aliphatic heterocycles. The molecular formula is C20H29N2+. The zero-order valence-corrected chi connectivity index (χ0v) is 13.9. The molecule has 0 amide bonds. The third kappa shape index (κ3) is 3.80. The molecule has 1 fully saturated rings. The van der Waals surface area contributed by atoms with Gasteiger partial charge in [0.2, 0.25) is 0 Å². The lowest BCUT2D eigenvalue weighted by Gasteiger charge is -2.34. The summed E-state index contributed by atoms with van der Waals surface area (Å²) in [6, 6.07) is 10.8. The van der Waals surface area contributed by atoms with Gasteiger partial charge in [0, 0.05) is 5.69 Å². The first-order chi connectivity index (χ1) is 10.7. The summed E-state index contributed by atoms with van der Waals surface area (Å²) >= 11 is 0. The van der Waals surface area contributed by atoms with Gasteiger partial charge in [0.05, 0.1) is 32.7 Å². The third-order valence-electron chi connectivity index (χ3n) is 5.27. The Kier molecular flexibility index (Phi) is 4.99. The summed E-state index contributed by atoms with van der Waals surface area (Å²) in [5, 5.41) is 0. The molecule has 0 unspecified atom stereocenters. The van der Waals surface area contributed by atoms with Crippen molar-refractivity contribution in [2.45, 2.75) is 26.2 Å². The van der Waals surface area contributed by atoms with E-state index in [0.717, 1.165) is 5.92 Å². The van der Waals surface area contributed by atoms with Gasteiger partial charge in [-0.1, -0.05) is 36.4 Å². The van der Waals surface area contributed by atoms with E-state index in [9.17, 15) is 0 Å². The predicted molar refractivity (Wildman–Crippen MR) is 94.5 cm³/mol. The molecule has 1 heterocycles. The predicted octanol–water partition coefficient (Wildman–Crippen LogP) is 2.69. The van der Waals surface area contributed by atoms with E-state index in [0.29, 0.717) is 0 Å². The van der Waals surface area contributed by atoms with Crippen LogP contribution in [0.1, 0.15) is 26.2 Å². The molecule has 1 aliphatic carbocycles. The average Bonchev–Trinajstić information content (AvgIpc) is 2.57. The summed E-state index contributed by atoms with van der Waals surface area (Å²) in [6.45, 7) is 12.4. The van der Waals surface area contributed by atoms with Gasteiger partial charge in [0.15, 0.2) is 0 Å². The molecule has 0 spiro atoms. The topological polar surface area (TPSA) is 7.68 Å². The van der Waals surface area contributed by atoms with E-state index < -0.39 is 0 Å². The monoisotopic (exact) mass is 297 g/mol. The molecular weight excluding hydrogens is 268 g/mol. The first kappa shape index (κ1) is 15.4. The zero-order chi connectivity index (χ0) is 15.4. The lowest BCUT2D eigenvalue weighted by molar-refractivity contribution is -0.895. The van der Waals surface area contributed by atoms with Gasteiger partial charge in [-0.05, 0) is 49.8 Å². The molecule has 0 bridgehead atoms. The number of benzene rings is 1. The maximum absolute atomic E-state index is 4.12. The van der Waals surface area contributed by atoms with Crippen LogP contribution in [0.25, 0.3) is 0 Å². The summed E-state index contributed by atoms with van der Waals surface area (Å²) in [7, 11) is 0. The quantitative estimate of drug-likeness (QED) is 0.840. The Bertz CT molecular complexity index is 524. The van der Waals surface area contributed by atoms with E-state index in [4.69, 9.17) is 0 Å². The van der Waals surface area contributed by atoms with Gasteiger partial charge in [0.25, 0.3) is 0 Å². The van der Waals surface area contributed by atoms with Crippen LogP contribution >= 0.6 is 0 Å². The van der Waals surface area contributed by atoms with Crippen molar-refractivity contribution in [2.75, 3.05) is 37.6 Å². The SMILES string of the molecule is C=C(C)[C@@H]1CC=C(C[NH+]2CCN(c3ccccc3)CC2)CC1. The Balaban J connectivity index is 1.48. The van der Waals surface area contributed by atoms with Crippen molar-refractivity contribution in [3.63, 3.8) is 0 Å². The van der Waals surface area contributed by atoms with Crippen LogP contribution < -0.4 is 9.80 Å². The number of hydrogen-bond acceptors (Lipinski definition) is 1. The highest BCUT2D eigenvalue weighted by atomic mass is 15.3. The molecule has 0 radical (unpaired) electrons. The van der Waals surface area contributed by atoms with Gasteiger partial charge in [-0.15, -0.1) is 0 Å². The van der Waals surface area contributed by atoms with Gasteiger partial charge in [-0.2, -0.15) is 0 Å². The van der Waals surface area contributed by atoms with Crippen molar-refractivity contribution < 1.29 is 4.90 Å². The molecule has 1 N–H and O–H groups in total. The molecule has 22 heavy (non-hydrogen) atoms. The Morgan fingerprint density at radius 3 is 2.55 bits per heavy atom. The van der Waals surface area contributed by atoms with E-state index in [-0.39, 0.29) is 0 Å². The number of piperazine rings is 1. The number of nitrogens with zero attached hydrogens (tertiary/aromatic N) is 1. The number of allylic oxidation sites excluding steroid dienone is 2. The molecule has 0 saturated carbocycles. The zero-order valence-electron chi connectivity index (χ0n) is 13.9. The van der Waals surface area contributed by atoms with Crippen molar-refractivity contribution in [2.24, 2.45) is 5.92 Å². The number of anilines is 1. The molecule has 1 aromatic carbocycles. The smallest absolute Gasteiger partial charge is 0.0988 e. The van der Waals surface area contributed by atoms with Gasteiger partial charge >= 0.3 is 0 Å². The first-order valence-electron chi connectivity index (χ1n) is 8.69. The maximum Gasteiger partial charge on any atom is 0.0988 e. The summed E-state index contributed by atoms with van der Waals surface area (Å²) in [5.41, 5.74) is 4.42. The molecule has 0 aromatic heterocycles. The third-order valence-corrected chi connectivity index (χ3v) is 5.27. The Morgan fingerprint density at radius 1 is 1.23 bits per heavy atom. The van der Waals surface area contributed by atoms with E-state index in [1.165, 1.54) is 63.2 Å². The Morgan fingerprint density at radius 2 is 1.95 bits per heavy atom. The average molecular weight is 297 g/mol. The molecule has 2 nitrogen and oxygen atoms in total. The number of rotatable bonds is 4. The lowest BCUT2D eigenvalue weighted by Crippen LogP contribution is -3.15. The minimum atomic E-state index is 0.730. The second-order valence-corrected chi connectivity index (χ2v) is 6.93. The van der Waals surface area contributed by atoms with E-state index >= 15 is 0 Å². The Labute approximate surface area is 135 Å². The second kappa shape index (κ2) is 7.15. The van der Waals surface area contributed by atoms with Crippen molar-refractivity contribution >= 4 is 5.69 Å². The minimum Gasteiger partial charge on any atom is -0.360 e. The van der Waals surface area contributed by atoms with Crippen LogP contribution in [0.5, 0.6) is 0 Å². The van der Waals surface area contributed by atoms with E-state index in [1.54, 1.807) is 10.5 Å². The number of nitrogens with one attached hydrogen (secondary N) is 1. The van der Waals surface area contributed by atoms with Crippen LogP contribution in [-0.2, 0) is 0 Å². The lowest BCUT2D eigenvalue weighted by atomic mass is 9.85. The number of para-hydroxylation sites is 1. The van der Waals surface area contributed by atoms with Gasteiger partial charge in [0.1, 0.15) is 0 Å². The molecule has 2 heteroatoms. The van der Waals surface area contributed by atoms with Crippen molar-refractivity contribution in [1.29, 1.82) is 0 Å². The van der Waals surface area contributed by atoms with Crippen LogP contribution in [0.3, 0.4) is 0 Å². The number of hydrogen-bond donors (Lipinski definition) is 1. The van der Waals surface area contributed by atoms with Crippen LogP contribution in [0.2, 0.25) is 0 Å².